The highest BCUT2D eigenvalue weighted by Gasteiger charge is 2.24. The maximum atomic E-state index is 12.4. The Hall–Kier alpha value is -2.61. The summed E-state index contributed by atoms with van der Waals surface area (Å²) in [6, 6.07) is 5.49. The number of aromatic nitrogens is 3. The van der Waals surface area contributed by atoms with Gasteiger partial charge in [0.1, 0.15) is 5.75 Å². The minimum Gasteiger partial charge on any atom is -0.484 e. The molecular weight excluding hydrogens is 394 g/mol. The van der Waals surface area contributed by atoms with Crippen LogP contribution in [-0.2, 0) is 16.0 Å². The number of piperidine rings is 1. The normalized spacial score (nSPS) is 14.6. The number of hydrogen-bond donors (Lipinski definition) is 2. The van der Waals surface area contributed by atoms with E-state index in [-0.39, 0.29) is 24.5 Å². The van der Waals surface area contributed by atoms with E-state index in [2.05, 4.69) is 20.7 Å². The highest BCUT2D eigenvalue weighted by atomic mass is 35.5. The van der Waals surface area contributed by atoms with Crippen molar-refractivity contribution in [3.05, 3.63) is 40.7 Å². The second-order valence-corrected chi connectivity index (χ2v) is 7.73. The number of H-pyrrole nitrogens is 1. The molecular formula is C20H26ClN5O3. The van der Waals surface area contributed by atoms with E-state index in [0.717, 1.165) is 36.9 Å². The van der Waals surface area contributed by atoms with Crippen molar-refractivity contribution >= 4 is 23.4 Å². The molecule has 0 saturated carbocycles. The first-order valence-corrected chi connectivity index (χ1v) is 10.2. The third kappa shape index (κ3) is 6.74. The predicted molar refractivity (Wildman–Crippen MR) is 109 cm³/mol. The van der Waals surface area contributed by atoms with Crippen molar-refractivity contribution in [1.29, 1.82) is 0 Å². The number of nitrogens with one attached hydrogen (secondary N) is 2. The summed E-state index contributed by atoms with van der Waals surface area (Å²) >= 11 is 6.01. The number of rotatable bonds is 8. The maximum absolute atomic E-state index is 12.4. The summed E-state index contributed by atoms with van der Waals surface area (Å²) in [5, 5.41) is 13.9. The molecule has 2 aromatic rings. The molecule has 1 aliphatic heterocycles. The molecule has 1 fully saturated rings. The number of carbonyl (C=O) groups is 2. The van der Waals surface area contributed by atoms with Gasteiger partial charge >= 0.3 is 0 Å². The number of likely N-dealkylation sites (tertiary alicyclic amines) is 1. The zero-order valence-electron chi connectivity index (χ0n) is 16.5. The summed E-state index contributed by atoms with van der Waals surface area (Å²) in [5.74, 6) is 0.578. The lowest BCUT2D eigenvalue weighted by molar-refractivity contribution is -0.134. The van der Waals surface area contributed by atoms with Crippen LogP contribution in [0.1, 0.15) is 36.9 Å². The maximum Gasteiger partial charge on any atom is 0.260 e. The van der Waals surface area contributed by atoms with Crippen molar-refractivity contribution in [1.82, 2.24) is 25.6 Å². The first kappa shape index (κ1) is 21.1. The van der Waals surface area contributed by atoms with Gasteiger partial charge in [-0.2, -0.15) is 15.4 Å². The topological polar surface area (TPSA) is 100 Å². The second-order valence-electron chi connectivity index (χ2n) is 7.29. The minimum atomic E-state index is -0.0555. The Bertz CT molecular complexity index is 799. The summed E-state index contributed by atoms with van der Waals surface area (Å²) in [7, 11) is 0. The van der Waals surface area contributed by atoms with Crippen LogP contribution in [-0.4, -0.2) is 57.9 Å². The van der Waals surface area contributed by atoms with Gasteiger partial charge in [0.2, 0.25) is 5.91 Å². The van der Waals surface area contributed by atoms with Crippen molar-refractivity contribution in [2.24, 2.45) is 0 Å². The third-order valence-corrected chi connectivity index (χ3v) is 5.11. The molecule has 2 heterocycles. The SMILES string of the molecule is Cc1cc(Cl)cc(OCC(=O)N2CCC(NC(=O)CCCc3cn[nH]n3)CC2)c1. The Balaban J connectivity index is 1.33. The van der Waals surface area contributed by atoms with E-state index in [4.69, 9.17) is 16.3 Å². The molecule has 156 valence electrons. The predicted octanol–water partition coefficient (Wildman–Crippen LogP) is 2.28. The van der Waals surface area contributed by atoms with Gasteiger partial charge in [-0.25, -0.2) is 0 Å². The summed E-state index contributed by atoms with van der Waals surface area (Å²) in [5.41, 5.74) is 1.84. The fourth-order valence-electron chi connectivity index (χ4n) is 3.37. The van der Waals surface area contributed by atoms with Gasteiger partial charge in [0.15, 0.2) is 6.61 Å². The first-order valence-electron chi connectivity index (χ1n) is 9.81. The fourth-order valence-corrected chi connectivity index (χ4v) is 3.65. The number of aryl methyl sites for hydroxylation is 2. The average molecular weight is 420 g/mol. The van der Waals surface area contributed by atoms with Crippen molar-refractivity contribution in [2.75, 3.05) is 19.7 Å². The summed E-state index contributed by atoms with van der Waals surface area (Å²) in [6.45, 7) is 3.13. The largest absolute Gasteiger partial charge is 0.484 e. The van der Waals surface area contributed by atoms with Gasteiger partial charge in [0, 0.05) is 30.6 Å². The van der Waals surface area contributed by atoms with Gasteiger partial charge < -0.3 is 15.0 Å². The Morgan fingerprint density at radius 2 is 2.10 bits per heavy atom. The van der Waals surface area contributed by atoms with Crippen molar-refractivity contribution < 1.29 is 14.3 Å². The number of nitrogens with zero attached hydrogens (tertiary/aromatic N) is 3. The summed E-state index contributed by atoms with van der Waals surface area (Å²) < 4.78 is 5.59. The van der Waals surface area contributed by atoms with Gasteiger partial charge in [-0.3, -0.25) is 9.59 Å². The number of ether oxygens (including phenoxy) is 1. The molecule has 0 spiro atoms. The molecule has 1 aromatic carbocycles. The Morgan fingerprint density at radius 1 is 1.31 bits per heavy atom. The van der Waals surface area contributed by atoms with Crippen LogP contribution in [0.15, 0.2) is 24.4 Å². The highest BCUT2D eigenvalue weighted by Crippen LogP contribution is 2.20. The lowest BCUT2D eigenvalue weighted by Crippen LogP contribution is -2.47. The van der Waals surface area contributed by atoms with Crippen LogP contribution in [0.2, 0.25) is 5.02 Å². The van der Waals surface area contributed by atoms with Crippen LogP contribution in [0.5, 0.6) is 5.75 Å². The number of benzene rings is 1. The summed E-state index contributed by atoms with van der Waals surface area (Å²) in [4.78, 5) is 26.3. The third-order valence-electron chi connectivity index (χ3n) is 4.89. The number of halogens is 1. The first-order chi connectivity index (χ1) is 14.0. The van der Waals surface area contributed by atoms with E-state index < -0.39 is 0 Å². The molecule has 1 saturated heterocycles. The van der Waals surface area contributed by atoms with E-state index in [1.807, 2.05) is 19.1 Å². The molecule has 9 heteroatoms. The molecule has 29 heavy (non-hydrogen) atoms. The van der Waals surface area contributed by atoms with Crippen molar-refractivity contribution in [3.8, 4) is 5.75 Å². The lowest BCUT2D eigenvalue weighted by atomic mass is 10.0. The number of amides is 2. The van der Waals surface area contributed by atoms with Gasteiger partial charge in [0.05, 0.1) is 11.9 Å². The smallest absolute Gasteiger partial charge is 0.260 e. The Kier molecular flexibility index (Phi) is 7.46. The van der Waals surface area contributed by atoms with E-state index in [1.54, 1.807) is 17.2 Å². The lowest BCUT2D eigenvalue weighted by Gasteiger charge is -2.32. The van der Waals surface area contributed by atoms with Gasteiger partial charge in [0.25, 0.3) is 5.91 Å². The second kappa shape index (κ2) is 10.2. The molecule has 1 aromatic heterocycles. The Morgan fingerprint density at radius 3 is 2.79 bits per heavy atom. The van der Waals surface area contributed by atoms with Crippen LogP contribution in [0.25, 0.3) is 0 Å². The molecule has 1 aliphatic rings. The van der Waals surface area contributed by atoms with Crippen LogP contribution < -0.4 is 10.1 Å². The van der Waals surface area contributed by atoms with Gasteiger partial charge in [-0.1, -0.05) is 11.6 Å². The van der Waals surface area contributed by atoms with Crippen LogP contribution in [0, 0.1) is 6.92 Å². The molecule has 0 atom stereocenters. The minimum absolute atomic E-state index is 0.0150. The highest BCUT2D eigenvalue weighted by molar-refractivity contribution is 6.30. The zero-order valence-corrected chi connectivity index (χ0v) is 17.2. The van der Waals surface area contributed by atoms with Gasteiger partial charge in [-0.15, -0.1) is 0 Å². The van der Waals surface area contributed by atoms with Crippen molar-refractivity contribution in [2.45, 2.75) is 45.1 Å². The van der Waals surface area contributed by atoms with Crippen LogP contribution in [0.4, 0.5) is 0 Å². The number of hydrogen-bond acceptors (Lipinski definition) is 5. The van der Waals surface area contributed by atoms with E-state index in [1.165, 1.54) is 0 Å². The molecule has 0 unspecified atom stereocenters. The number of carbonyl (C=O) groups excluding carboxylic acids is 2. The average Bonchev–Trinajstić information content (AvgIpc) is 3.19. The quantitative estimate of drug-likeness (QED) is 0.683. The van der Waals surface area contributed by atoms with Crippen LogP contribution in [0.3, 0.4) is 0 Å². The van der Waals surface area contributed by atoms with E-state index >= 15 is 0 Å². The molecule has 0 aliphatic carbocycles. The molecule has 8 nitrogen and oxygen atoms in total. The molecule has 0 bridgehead atoms. The molecule has 2 amide bonds. The Labute approximate surface area is 174 Å². The standard InChI is InChI=1S/C20H26ClN5O3/c1-14-9-15(21)11-18(10-14)29-13-20(28)26-7-5-16(6-8-26)23-19(27)4-2-3-17-12-22-25-24-17/h9-12,16H,2-8,13H2,1H3,(H,23,27)(H,22,24,25). The molecule has 0 radical (unpaired) electrons. The molecule has 2 N–H and O–H groups in total. The number of aromatic amines is 1. The molecule has 3 rings (SSSR count). The van der Waals surface area contributed by atoms with Crippen molar-refractivity contribution in [3.63, 3.8) is 0 Å². The summed E-state index contributed by atoms with van der Waals surface area (Å²) in [6.07, 6.45) is 5.08. The monoisotopic (exact) mass is 419 g/mol. The van der Waals surface area contributed by atoms with Crippen LogP contribution >= 0.6 is 11.6 Å². The van der Waals surface area contributed by atoms with Gasteiger partial charge in [-0.05, 0) is 56.4 Å². The zero-order chi connectivity index (χ0) is 20.6. The fraction of sp³-hybridized carbons (Fsp3) is 0.500. The van der Waals surface area contributed by atoms with E-state index in [0.29, 0.717) is 30.3 Å². The van der Waals surface area contributed by atoms with E-state index in [9.17, 15) is 9.59 Å².